The summed E-state index contributed by atoms with van der Waals surface area (Å²) in [6, 6.07) is 3.14. The van der Waals surface area contributed by atoms with E-state index in [1.807, 2.05) is 0 Å². The monoisotopic (exact) mass is 331 g/mol. The van der Waals surface area contributed by atoms with Crippen molar-refractivity contribution in [2.45, 2.75) is 23.5 Å². The highest BCUT2D eigenvalue weighted by Crippen LogP contribution is 2.20. The molecule has 0 aliphatic carbocycles. The molecular formula is C12H17N3O4S2. The van der Waals surface area contributed by atoms with Gasteiger partial charge in [-0.15, -0.1) is 11.3 Å². The summed E-state index contributed by atoms with van der Waals surface area (Å²) in [6.45, 7) is 1.12. The maximum atomic E-state index is 11.7. The summed E-state index contributed by atoms with van der Waals surface area (Å²) >= 11 is 1.10. The van der Waals surface area contributed by atoms with E-state index >= 15 is 0 Å². The fraction of sp³-hybridized carbons (Fsp3) is 0.500. The molecule has 21 heavy (non-hydrogen) atoms. The number of hydrogen-bond donors (Lipinski definition) is 2. The van der Waals surface area contributed by atoms with E-state index in [0.29, 0.717) is 25.9 Å². The van der Waals surface area contributed by atoms with E-state index in [1.54, 1.807) is 11.0 Å². The summed E-state index contributed by atoms with van der Waals surface area (Å²) in [7, 11) is -3.66. The number of likely N-dealkylation sites (tertiary alicyclic amines) is 1. The van der Waals surface area contributed by atoms with Crippen molar-refractivity contribution < 1.29 is 18.0 Å². The second kappa shape index (κ2) is 6.54. The lowest BCUT2D eigenvalue weighted by molar-refractivity contribution is -0.133. The number of nitrogens with one attached hydrogen (secondary N) is 1. The number of sulfonamides is 1. The first-order valence-corrected chi connectivity index (χ1v) is 8.88. The minimum atomic E-state index is -3.66. The van der Waals surface area contributed by atoms with Crippen LogP contribution in [-0.2, 0) is 26.0 Å². The maximum absolute atomic E-state index is 11.7. The molecule has 2 rings (SSSR count). The van der Waals surface area contributed by atoms with Gasteiger partial charge in [0.2, 0.25) is 21.8 Å². The quantitative estimate of drug-likeness (QED) is 0.744. The molecule has 0 spiro atoms. The topological polar surface area (TPSA) is 110 Å². The smallest absolute Gasteiger partial charge is 0.247 e. The van der Waals surface area contributed by atoms with E-state index in [2.05, 4.69) is 5.32 Å². The Hall–Kier alpha value is -1.45. The lowest BCUT2D eigenvalue weighted by Crippen LogP contribution is -2.38. The Morgan fingerprint density at radius 2 is 2.19 bits per heavy atom. The third kappa shape index (κ3) is 4.51. The molecule has 2 amide bonds. The van der Waals surface area contributed by atoms with Crippen LogP contribution in [0.4, 0.5) is 0 Å². The number of thiophene rings is 1. The van der Waals surface area contributed by atoms with Crippen LogP contribution in [0.15, 0.2) is 16.3 Å². The zero-order valence-corrected chi connectivity index (χ0v) is 13.0. The molecule has 1 aromatic heterocycles. The van der Waals surface area contributed by atoms with Crippen LogP contribution in [0, 0.1) is 0 Å². The molecule has 1 aliphatic heterocycles. The van der Waals surface area contributed by atoms with Gasteiger partial charge in [-0.05, 0) is 25.0 Å². The number of nitrogens with zero attached hydrogens (tertiary/aromatic N) is 1. The van der Waals surface area contributed by atoms with E-state index in [0.717, 1.165) is 22.6 Å². The largest absolute Gasteiger partial charge is 0.354 e. The molecule has 3 N–H and O–H groups in total. The minimum absolute atomic E-state index is 0.0150. The van der Waals surface area contributed by atoms with Crippen LogP contribution in [0.3, 0.4) is 0 Å². The van der Waals surface area contributed by atoms with Crippen molar-refractivity contribution in [1.29, 1.82) is 0 Å². The standard InChI is InChI=1S/C12H17N3O4S2/c13-21(18,19)12-4-3-9(20-12)5-6-14-10(16)8-15-7-1-2-11(15)17/h3-4H,1-2,5-8H2,(H,14,16)(H2,13,18,19). The second-order valence-electron chi connectivity index (χ2n) is 4.78. The summed E-state index contributed by atoms with van der Waals surface area (Å²) in [4.78, 5) is 25.4. The second-order valence-corrected chi connectivity index (χ2v) is 7.74. The molecule has 0 aromatic carbocycles. The van der Waals surface area contributed by atoms with E-state index in [9.17, 15) is 18.0 Å². The van der Waals surface area contributed by atoms with E-state index < -0.39 is 10.0 Å². The third-order valence-corrected chi connectivity index (χ3v) is 5.70. The molecule has 1 saturated heterocycles. The minimum Gasteiger partial charge on any atom is -0.354 e. The molecule has 9 heteroatoms. The van der Waals surface area contributed by atoms with Gasteiger partial charge in [-0.1, -0.05) is 0 Å². The van der Waals surface area contributed by atoms with Gasteiger partial charge in [0.15, 0.2) is 0 Å². The van der Waals surface area contributed by atoms with Crippen molar-refractivity contribution in [3.05, 3.63) is 17.0 Å². The highest BCUT2D eigenvalue weighted by Gasteiger charge is 2.22. The molecule has 2 heterocycles. The summed E-state index contributed by atoms with van der Waals surface area (Å²) in [5, 5.41) is 7.75. The Balaban J connectivity index is 1.75. The van der Waals surface area contributed by atoms with E-state index in [-0.39, 0.29) is 22.6 Å². The zero-order chi connectivity index (χ0) is 15.5. The molecule has 116 valence electrons. The Bertz CT molecular complexity index is 639. The van der Waals surface area contributed by atoms with Gasteiger partial charge in [-0.25, -0.2) is 13.6 Å². The molecular weight excluding hydrogens is 314 g/mol. The summed E-state index contributed by atoms with van der Waals surface area (Å²) in [6.07, 6.45) is 1.84. The molecule has 0 radical (unpaired) electrons. The van der Waals surface area contributed by atoms with Gasteiger partial charge in [0.1, 0.15) is 4.21 Å². The van der Waals surface area contributed by atoms with Gasteiger partial charge in [0.05, 0.1) is 6.54 Å². The van der Waals surface area contributed by atoms with Gasteiger partial charge in [-0.2, -0.15) is 0 Å². The number of hydrogen-bond acceptors (Lipinski definition) is 5. The molecule has 1 aliphatic rings. The maximum Gasteiger partial charge on any atom is 0.247 e. The first-order chi connectivity index (χ1) is 9.86. The highest BCUT2D eigenvalue weighted by molar-refractivity contribution is 7.91. The molecule has 0 bridgehead atoms. The Kier molecular flexibility index (Phi) is 4.96. The van der Waals surface area contributed by atoms with Crippen LogP contribution >= 0.6 is 11.3 Å². The normalized spacial score (nSPS) is 15.5. The van der Waals surface area contributed by atoms with Gasteiger partial charge >= 0.3 is 0 Å². The lowest BCUT2D eigenvalue weighted by Gasteiger charge is -2.14. The zero-order valence-electron chi connectivity index (χ0n) is 11.4. The number of carbonyl (C=O) groups is 2. The first kappa shape index (κ1) is 15.9. The highest BCUT2D eigenvalue weighted by atomic mass is 32.2. The van der Waals surface area contributed by atoms with Crippen LogP contribution in [0.2, 0.25) is 0 Å². The van der Waals surface area contributed by atoms with Crippen LogP contribution in [0.1, 0.15) is 17.7 Å². The number of carbonyl (C=O) groups excluding carboxylic acids is 2. The molecule has 0 atom stereocenters. The van der Waals surface area contributed by atoms with E-state index in [4.69, 9.17) is 5.14 Å². The molecule has 7 nitrogen and oxygen atoms in total. The van der Waals surface area contributed by atoms with Crippen molar-refractivity contribution in [2.24, 2.45) is 5.14 Å². The number of primary sulfonamides is 1. The average molecular weight is 331 g/mol. The van der Waals surface area contributed by atoms with Crippen molar-refractivity contribution in [3.8, 4) is 0 Å². The van der Waals surface area contributed by atoms with Crippen molar-refractivity contribution >= 4 is 33.2 Å². The third-order valence-electron chi connectivity index (χ3n) is 3.12. The van der Waals surface area contributed by atoms with Gasteiger partial charge in [-0.3, -0.25) is 9.59 Å². The Labute approximate surface area is 127 Å². The van der Waals surface area contributed by atoms with Gasteiger partial charge in [0.25, 0.3) is 0 Å². The summed E-state index contributed by atoms with van der Waals surface area (Å²) in [5.41, 5.74) is 0. The van der Waals surface area contributed by atoms with Crippen LogP contribution in [-0.4, -0.2) is 44.8 Å². The van der Waals surface area contributed by atoms with Crippen LogP contribution in [0.25, 0.3) is 0 Å². The predicted molar refractivity (Wildman–Crippen MR) is 78.2 cm³/mol. The van der Waals surface area contributed by atoms with Crippen molar-refractivity contribution in [3.63, 3.8) is 0 Å². The number of nitrogens with two attached hydrogens (primary N) is 1. The molecule has 1 fully saturated rings. The summed E-state index contributed by atoms with van der Waals surface area (Å²) in [5.74, 6) is -0.185. The number of amides is 2. The van der Waals surface area contributed by atoms with Gasteiger partial charge < -0.3 is 10.2 Å². The number of rotatable bonds is 6. The Morgan fingerprint density at radius 1 is 1.43 bits per heavy atom. The van der Waals surface area contributed by atoms with Crippen LogP contribution < -0.4 is 10.5 Å². The van der Waals surface area contributed by atoms with Crippen molar-refractivity contribution in [2.75, 3.05) is 19.6 Å². The molecule has 1 aromatic rings. The lowest BCUT2D eigenvalue weighted by atomic mass is 10.3. The SMILES string of the molecule is NS(=O)(=O)c1ccc(CCNC(=O)CN2CCCC2=O)s1. The fourth-order valence-corrected chi connectivity index (χ4v) is 3.85. The predicted octanol–water partition coefficient (Wildman–Crippen LogP) is -0.323. The van der Waals surface area contributed by atoms with Crippen LogP contribution in [0.5, 0.6) is 0 Å². The average Bonchev–Trinajstić information content (AvgIpc) is 2.99. The van der Waals surface area contributed by atoms with E-state index in [1.165, 1.54) is 6.07 Å². The molecule has 0 unspecified atom stereocenters. The Morgan fingerprint density at radius 3 is 2.76 bits per heavy atom. The first-order valence-electron chi connectivity index (χ1n) is 6.52. The van der Waals surface area contributed by atoms with Gasteiger partial charge in [0, 0.05) is 24.4 Å². The summed E-state index contributed by atoms with van der Waals surface area (Å²) < 4.78 is 22.4. The fourth-order valence-electron chi connectivity index (χ4n) is 2.07. The molecule has 0 saturated carbocycles. The van der Waals surface area contributed by atoms with Crippen molar-refractivity contribution in [1.82, 2.24) is 10.2 Å².